The Kier molecular flexibility index (Phi) is 22.6. The molecule has 1 aliphatic heterocycles. The lowest BCUT2D eigenvalue weighted by Crippen LogP contribution is -2.52. The summed E-state index contributed by atoms with van der Waals surface area (Å²) in [5.74, 6) is 0.131. The predicted molar refractivity (Wildman–Crippen MR) is 235 cm³/mol. The van der Waals surface area contributed by atoms with Crippen LogP contribution >= 0.6 is 0 Å². The third kappa shape index (κ3) is 17.6. The van der Waals surface area contributed by atoms with Gasteiger partial charge in [0.25, 0.3) is 5.91 Å². The maximum atomic E-state index is 13.0. The number of aliphatic hydroxyl groups is 1. The molecule has 352 valence electrons. The molecular formula is C45H64N6O13. The smallest absolute Gasteiger partial charge is 0.404 e. The standard InChI is InChI=1S/C45H64N6O13/c1-34(53)51-40-9-8-36(28-41(40)50(32-42(51)35-6-7-35)31-37-4-2-3-5-38(37)33-52)39-29-48-43(49-30-39)44(54)46-10-12-57-14-16-59-18-20-61-22-24-63-26-27-64-25-23-62-21-19-60-17-15-58-13-11-47-45(55)56/h2-5,8-9,28-30,35,42,47,52H,6-7,10-27,31-33H2,1H3,(H,46,54)(H,55,56)/t42-/m1/s1. The quantitative estimate of drug-likeness (QED) is 0.0646. The van der Waals surface area contributed by atoms with Crippen LogP contribution in [0.15, 0.2) is 54.9 Å². The number of nitrogens with one attached hydrogen (secondary N) is 2. The van der Waals surface area contributed by atoms with Crippen molar-refractivity contribution < 1.29 is 62.5 Å². The van der Waals surface area contributed by atoms with Gasteiger partial charge < -0.3 is 68.5 Å². The summed E-state index contributed by atoms with van der Waals surface area (Å²) in [4.78, 5) is 49.0. The lowest BCUT2D eigenvalue weighted by Gasteiger charge is -2.44. The molecule has 19 nitrogen and oxygen atoms in total. The zero-order chi connectivity index (χ0) is 45.2. The number of hydrogen-bond acceptors (Lipinski definition) is 15. The van der Waals surface area contributed by atoms with Crippen LogP contribution in [0.2, 0.25) is 0 Å². The van der Waals surface area contributed by atoms with Gasteiger partial charge in [0.15, 0.2) is 0 Å². The largest absolute Gasteiger partial charge is 0.465 e. The molecule has 4 N–H and O–H groups in total. The zero-order valence-corrected chi connectivity index (χ0v) is 36.8. The molecule has 0 bridgehead atoms. The van der Waals surface area contributed by atoms with E-state index in [0.717, 1.165) is 46.5 Å². The lowest BCUT2D eigenvalue weighted by molar-refractivity contribution is -0.117. The van der Waals surface area contributed by atoms with E-state index in [1.165, 1.54) is 0 Å². The Bertz CT molecular complexity index is 1840. The number of hydrogen-bond donors (Lipinski definition) is 4. The first-order valence-electron chi connectivity index (χ1n) is 21.9. The number of aliphatic hydroxyl groups excluding tert-OH is 1. The average Bonchev–Trinajstić information content (AvgIpc) is 4.16. The van der Waals surface area contributed by atoms with Crippen molar-refractivity contribution in [2.75, 3.05) is 135 Å². The summed E-state index contributed by atoms with van der Waals surface area (Å²) >= 11 is 0. The number of aromatic nitrogens is 2. The predicted octanol–water partition coefficient (Wildman–Crippen LogP) is 2.92. The molecule has 0 unspecified atom stereocenters. The van der Waals surface area contributed by atoms with Gasteiger partial charge in [0.2, 0.25) is 11.7 Å². The van der Waals surface area contributed by atoms with Crippen molar-refractivity contribution in [1.29, 1.82) is 0 Å². The van der Waals surface area contributed by atoms with Gasteiger partial charge in [-0.1, -0.05) is 30.3 Å². The first-order valence-corrected chi connectivity index (χ1v) is 21.9. The molecular weight excluding hydrogens is 833 g/mol. The summed E-state index contributed by atoms with van der Waals surface area (Å²) in [5.41, 5.74) is 5.30. The van der Waals surface area contributed by atoms with E-state index in [0.29, 0.717) is 125 Å². The molecule has 1 saturated carbocycles. The maximum Gasteiger partial charge on any atom is 0.404 e. The number of nitrogens with zero attached hydrogens (tertiary/aromatic N) is 4. The Morgan fingerprint density at radius 1 is 0.641 bits per heavy atom. The first-order chi connectivity index (χ1) is 31.4. The fourth-order valence-electron chi connectivity index (χ4n) is 6.99. The number of carbonyl (C=O) groups excluding carboxylic acids is 2. The van der Waals surface area contributed by atoms with Crippen molar-refractivity contribution in [2.45, 2.75) is 39.0 Å². The van der Waals surface area contributed by atoms with Gasteiger partial charge in [0.05, 0.1) is 130 Å². The molecule has 1 aliphatic carbocycles. The Hall–Kier alpha value is -4.83. The summed E-state index contributed by atoms with van der Waals surface area (Å²) in [6.45, 7) is 9.96. The number of benzene rings is 2. The van der Waals surface area contributed by atoms with Crippen LogP contribution in [0.4, 0.5) is 16.2 Å². The topological polar surface area (TPSA) is 222 Å². The minimum atomic E-state index is -1.07. The van der Waals surface area contributed by atoms with Crippen molar-refractivity contribution in [3.8, 4) is 11.1 Å². The molecule has 0 radical (unpaired) electrons. The van der Waals surface area contributed by atoms with Gasteiger partial charge in [-0.15, -0.1) is 0 Å². The molecule has 2 heterocycles. The van der Waals surface area contributed by atoms with E-state index in [9.17, 15) is 19.5 Å². The van der Waals surface area contributed by atoms with E-state index >= 15 is 0 Å². The van der Waals surface area contributed by atoms with Crippen LogP contribution in [-0.4, -0.2) is 169 Å². The molecule has 0 saturated heterocycles. The van der Waals surface area contributed by atoms with E-state index in [1.54, 1.807) is 19.3 Å². The van der Waals surface area contributed by atoms with Crippen LogP contribution < -0.4 is 20.4 Å². The van der Waals surface area contributed by atoms with Crippen molar-refractivity contribution in [1.82, 2.24) is 20.6 Å². The number of ether oxygens (including phenoxy) is 8. The van der Waals surface area contributed by atoms with Crippen molar-refractivity contribution in [3.05, 3.63) is 71.8 Å². The van der Waals surface area contributed by atoms with Crippen molar-refractivity contribution >= 4 is 29.3 Å². The van der Waals surface area contributed by atoms with Crippen LogP contribution in [-0.2, 0) is 55.8 Å². The molecule has 2 aromatic carbocycles. The van der Waals surface area contributed by atoms with Gasteiger partial charge in [-0.2, -0.15) is 0 Å². The summed E-state index contributed by atoms with van der Waals surface area (Å²) in [5, 5.41) is 23.5. The van der Waals surface area contributed by atoms with Gasteiger partial charge in [-0.3, -0.25) is 9.59 Å². The number of carbonyl (C=O) groups is 3. The van der Waals surface area contributed by atoms with Crippen LogP contribution in [0.1, 0.15) is 41.5 Å². The number of anilines is 2. The van der Waals surface area contributed by atoms with E-state index in [4.69, 9.17) is 43.0 Å². The molecule has 3 aromatic rings. The van der Waals surface area contributed by atoms with Gasteiger partial charge in [-0.25, -0.2) is 14.8 Å². The summed E-state index contributed by atoms with van der Waals surface area (Å²) in [6.07, 6.45) is 4.40. The minimum Gasteiger partial charge on any atom is -0.465 e. The highest BCUT2D eigenvalue weighted by Gasteiger charge is 2.42. The average molecular weight is 897 g/mol. The number of rotatable bonds is 33. The van der Waals surface area contributed by atoms with Gasteiger partial charge in [0, 0.05) is 51.1 Å². The molecule has 64 heavy (non-hydrogen) atoms. The fourth-order valence-corrected chi connectivity index (χ4v) is 6.99. The fraction of sp³-hybridized carbons (Fsp3) is 0.578. The Morgan fingerprint density at radius 2 is 1.12 bits per heavy atom. The monoisotopic (exact) mass is 896 g/mol. The van der Waals surface area contributed by atoms with E-state index in [2.05, 4.69) is 31.6 Å². The minimum absolute atomic E-state index is 0.0192. The third-order valence-corrected chi connectivity index (χ3v) is 10.3. The third-order valence-electron chi connectivity index (χ3n) is 10.3. The molecule has 5 rings (SSSR count). The second-order valence-corrected chi connectivity index (χ2v) is 15.0. The van der Waals surface area contributed by atoms with Gasteiger partial charge in [0.1, 0.15) is 0 Å². The highest BCUT2D eigenvalue weighted by molar-refractivity contribution is 5.98. The summed E-state index contributed by atoms with van der Waals surface area (Å²) < 4.78 is 43.6. The second-order valence-electron chi connectivity index (χ2n) is 15.0. The first kappa shape index (κ1) is 50.2. The Labute approximate surface area is 374 Å². The Morgan fingerprint density at radius 3 is 1.59 bits per heavy atom. The maximum absolute atomic E-state index is 13.0. The van der Waals surface area contributed by atoms with Crippen LogP contribution in [0.5, 0.6) is 0 Å². The normalized spacial score (nSPS) is 14.7. The van der Waals surface area contributed by atoms with E-state index in [-0.39, 0.29) is 37.5 Å². The molecule has 2 aliphatic rings. The Balaban J connectivity index is 0.871. The van der Waals surface area contributed by atoms with Gasteiger partial charge in [-0.05, 0) is 47.6 Å². The second kappa shape index (κ2) is 28.9. The van der Waals surface area contributed by atoms with Crippen molar-refractivity contribution in [2.24, 2.45) is 5.92 Å². The van der Waals surface area contributed by atoms with Crippen LogP contribution in [0, 0.1) is 5.92 Å². The van der Waals surface area contributed by atoms with Crippen LogP contribution in [0.25, 0.3) is 11.1 Å². The van der Waals surface area contributed by atoms with Crippen LogP contribution in [0.3, 0.4) is 0 Å². The molecule has 19 heteroatoms. The highest BCUT2D eigenvalue weighted by atomic mass is 16.6. The molecule has 3 amide bonds. The number of carboxylic acid groups (broad SMARTS) is 1. The molecule has 1 fully saturated rings. The SMILES string of the molecule is CC(=O)N1c2ccc(-c3cnc(C(=O)NCCOCCOCCOCCOCCOCCOCCOCCOCCNC(=O)O)nc3)cc2N(Cc2ccccc2CO)C[C@@H]1C1CC1. The molecule has 1 aromatic heterocycles. The number of fused-ring (bicyclic) bond motifs is 1. The van der Waals surface area contributed by atoms with E-state index < -0.39 is 12.0 Å². The highest BCUT2D eigenvalue weighted by Crippen LogP contribution is 2.45. The summed E-state index contributed by atoms with van der Waals surface area (Å²) in [7, 11) is 0. The molecule has 0 spiro atoms. The summed E-state index contributed by atoms with van der Waals surface area (Å²) in [6, 6.07) is 14.0. The van der Waals surface area contributed by atoms with Crippen molar-refractivity contribution in [3.63, 3.8) is 0 Å². The zero-order valence-electron chi connectivity index (χ0n) is 36.8. The molecule has 1 atom stereocenters. The lowest BCUT2D eigenvalue weighted by atomic mass is 9.98. The van der Waals surface area contributed by atoms with E-state index in [1.807, 2.05) is 41.3 Å². The van der Waals surface area contributed by atoms with Gasteiger partial charge >= 0.3 is 6.09 Å². The number of amides is 3.